The molecule has 1 N–H and O–H groups in total. The van der Waals surface area contributed by atoms with Crippen LogP contribution in [0.25, 0.3) is 0 Å². The molecule has 0 spiro atoms. The lowest BCUT2D eigenvalue weighted by atomic mass is 10.2. The Hall–Kier alpha value is -1.03. The van der Waals surface area contributed by atoms with E-state index in [0.29, 0.717) is 0 Å². The third kappa shape index (κ3) is 4.04. The molecule has 0 unspecified atom stereocenters. The molecule has 0 radical (unpaired) electrons. The van der Waals surface area contributed by atoms with Gasteiger partial charge in [0.05, 0.1) is 12.4 Å². The van der Waals surface area contributed by atoms with E-state index in [2.05, 4.69) is 17.3 Å². The maximum absolute atomic E-state index is 5.65. The molecule has 1 aromatic rings. The number of aromatic nitrogens is 2. The van der Waals surface area contributed by atoms with Crippen molar-refractivity contribution in [3.8, 4) is 5.75 Å². The van der Waals surface area contributed by atoms with E-state index in [4.69, 9.17) is 4.74 Å². The summed E-state index contributed by atoms with van der Waals surface area (Å²) in [6.07, 6.45) is 10.3. The van der Waals surface area contributed by atoms with Crippen molar-refractivity contribution in [1.82, 2.24) is 15.1 Å². The molecule has 1 aliphatic carbocycles. The van der Waals surface area contributed by atoms with E-state index in [9.17, 15) is 0 Å². The molecule has 0 amide bonds. The summed E-state index contributed by atoms with van der Waals surface area (Å²) < 4.78 is 7.58. The van der Waals surface area contributed by atoms with E-state index in [1.165, 1.54) is 25.7 Å². The second-order valence-electron chi connectivity index (χ2n) is 4.72. The average molecular weight is 237 g/mol. The Balaban J connectivity index is 1.60. The van der Waals surface area contributed by atoms with Crippen LogP contribution in [0.2, 0.25) is 0 Å². The molecule has 1 aliphatic rings. The molecule has 0 bridgehead atoms. The van der Waals surface area contributed by atoms with Crippen molar-refractivity contribution < 1.29 is 4.74 Å². The highest BCUT2D eigenvalue weighted by Gasteiger charge is 2.13. The maximum Gasteiger partial charge on any atom is 0.157 e. The predicted molar refractivity (Wildman–Crippen MR) is 68.3 cm³/mol. The van der Waals surface area contributed by atoms with Crippen LogP contribution in [-0.2, 0) is 6.54 Å². The van der Waals surface area contributed by atoms with Gasteiger partial charge < -0.3 is 10.1 Å². The van der Waals surface area contributed by atoms with Gasteiger partial charge in [-0.25, -0.2) is 0 Å². The fraction of sp³-hybridized carbons (Fsp3) is 0.769. The molecular weight excluding hydrogens is 214 g/mol. The Morgan fingerprint density at radius 2 is 2.29 bits per heavy atom. The van der Waals surface area contributed by atoms with Gasteiger partial charge in [0.1, 0.15) is 6.61 Å². The molecule has 4 nitrogen and oxygen atoms in total. The van der Waals surface area contributed by atoms with E-state index >= 15 is 0 Å². The van der Waals surface area contributed by atoms with Gasteiger partial charge in [0.2, 0.25) is 0 Å². The van der Waals surface area contributed by atoms with Crippen LogP contribution < -0.4 is 10.1 Å². The van der Waals surface area contributed by atoms with Crippen molar-refractivity contribution in [2.75, 3.05) is 13.2 Å². The molecule has 4 heteroatoms. The summed E-state index contributed by atoms with van der Waals surface area (Å²) in [5.74, 6) is 0.881. The minimum Gasteiger partial charge on any atom is -0.489 e. The Bertz CT molecular complexity index is 318. The van der Waals surface area contributed by atoms with Crippen molar-refractivity contribution in [3.63, 3.8) is 0 Å². The largest absolute Gasteiger partial charge is 0.489 e. The molecule has 0 atom stereocenters. The van der Waals surface area contributed by atoms with Gasteiger partial charge in [-0.05, 0) is 19.3 Å². The molecule has 0 saturated heterocycles. The molecular formula is C13H23N3O. The Kier molecular flexibility index (Phi) is 4.86. The smallest absolute Gasteiger partial charge is 0.157 e. The number of nitrogens with one attached hydrogen (secondary N) is 1. The molecule has 17 heavy (non-hydrogen) atoms. The van der Waals surface area contributed by atoms with Crippen LogP contribution in [-0.4, -0.2) is 29.0 Å². The number of hydrogen-bond donors (Lipinski definition) is 1. The first-order valence-electron chi connectivity index (χ1n) is 6.77. The molecule has 1 saturated carbocycles. The van der Waals surface area contributed by atoms with Crippen LogP contribution in [0, 0.1) is 0 Å². The first-order chi connectivity index (χ1) is 8.38. The van der Waals surface area contributed by atoms with E-state index in [1.807, 2.05) is 10.9 Å². The highest BCUT2D eigenvalue weighted by Crippen LogP contribution is 2.17. The van der Waals surface area contributed by atoms with Gasteiger partial charge in [0.15, 0.2) is 5.75 Å². The van der Waals surface area contributed by atoms with Crippen molar-refractivity contribution in [2.24, 2.45) is 0 Å². The van der Waals surface area contributed by atoms with Crippen LogP contribution in [0.15, 0.2) is 12.4 Å². The minimum atomic E-state index is 0.724. The molecule has 1 aromatic heterocycles. The van der Waals surface area contributed by atoms with Crippen molar-refractivity contribution in [2.45, 2.75) is 51.6 Å². The van der Waals surface area contributed by atoms with Gasteiger partial charge in [0, 0.05) is 19.1 Å². The number of nitrogens with zero attached hydrogens (tertiary/aromatic N) is 2. The second kappa shape index (κ2) is 6.64. The summed E-state index contributed by atoms with van der Waals surface area (Å²) in [5.41, 5.74) is 0. The van der Waals surface area contributed by atoms with Gasteiger partial charge in [-0.3, -0.25) is 4.68 Å². The van der Waals surface area contributed by atoms with Gasteiger partial charge in [-0.2, -0.15) is 5.10 Å². The Morgan fingerprint density at radius 1 is 1.47 bits per heavy atom. The van der Waals surface area contributed by atoms with E-state index in [0.717, 1.165) is 37.9 Å². The average Bonchev–Trinajstić information content (AvgIpc) is 2.96. The van der Waals surface area contributed by atoms with Crippen LogP contribution >= 0.6 is 0 Å². The topological polar surface area (TPSA) is 39.1 Å². The van der Waals surface area contributed by atoms with Crippen LogP contribution in [0.3, 0.4) is 0 Å². The third-order valence-corrected chi connectivity index (χ3v) is 3.22. The molecule has 0 aliphatic heterocycles. The third-order valence-electron chi connectivity index (χ3n) is 3.22. The fourth-order valence-corrected chi connectivity index (χ4v) is 2.33. The predicted octanol–water partition coefficient (Wildman–Crippen LogP) is 2.20. The lowest BCUT2D eigenvalue weighted by Crippen LogP contribution is -2.30. The number of ether oxygens (including phenoxy) is 1. The summed E-state index contributed by atoms with van der Waals surface area (Å²) >= 11 is 0. The first-order valence-corrected chi connectivity index (χ1v) is 6.77. The molecule has 0 aromatic carbocycles. The SMILES string of the molecule is CCCn1cc(OCCNC2CCCC2)cn1. The summed E-state index contributed by atoms with van der Waals surface area (Å²) in [7, 11) is 0. The monoisotopic (exact) mass is 237 g/mol. The van der Waals surface area contributed by atoms with Gasteiger partial charge >= 0.3 is 0 Å². The van der Waals surface area contributed by atoms with Crippen LogP contribution in [0.4, 0.5) is 0 Å². The quantitative estimate of drug-likeness (QED) is 0.739. The zero-order valence-corrected chi connectivity index (χ0v) is 10.7. The summed E-state index contributed by atoms with van der Waals surface area (Å²) in [6.45, 7) is 4.77. The second-order valence-corrected chi connectivity index (χ2v) is 4.72. The number of rotatable bonds is 7. The standard InChI is InChI=1S/C13H23N3O/c1-2-8-16-11-13(10-15-16)17-9-7-14-12-5-3-4-6-12/h10-12,14H,2-9H2,1H3. The molecule has 1 fully saturated rings. The van der Waals surface area contributed by atoms with Gasteiger partial charge in [-0.15, -0.1) is 0 Å². The minimum absolute atomic E-state index is 0.724. The number of hydrogen-bond acceptors (Lipinski definition) is 3. The summed E-state index contributed by atoms with van der Waals surface area (Å²) in [5, 5.41) is 7.76. The summed E-state index contributed by atoms with van der Waals surface area (Å²) in [4.78, 5) is 0. The normalized spacial score (nSPS) is 16.5. The fourth-order valence-electron chi connectivity index (χ4n) is 2.33. The molecule has 1 heterocycles. The van der Waals surface area contributed by atoms with Crippen LogP contribution in [0.1, 0.15) is 39.0 Å². The van der Waals surface area contributed by atoms with E-state index in [1.54, 1.807) is 6.20 Å². The molecule has 96 valence electrons. The highest BCUT2D eigenvalue weighted by atomic mass is 16.5. The van der Waals surface area contributed by atoms with Gasteiger partial charge in [-0.1, -0.05) is 19.8 Å². The van der Waals surface area contributed by atoms with Crippen molar-refractivity contribution in [3.05, 3.63) is 12.4 Å². The summed E-state index contributed by atoms with van der Waals surface area (Å²) in [6, 6.07) is 0.724. The Labute approximate surface area is 103 Å². The highest BCUT2D eigenvalue weighted by molar-refractivity contribution is 5.11. The lowest BCUT2D eigenvalue weighted by molar-refractivity contribution is 0.305. The first kappa shape index (κ1) is 12.4. The van der Waals surface area contributed by atoms with Crippen molar-refractivity contribution >= 4 is 0 Å². The lowest BCUT2D eigenvalue weighted by Gasteiger charge is -2.11. The molecule has 2 rings (SSSR count). The van der Waals surface area contributed by atoms with Crippen molar-refractivity contribution in [1.29, 1.82) is 0 Å². The number of aryl methyl sites for hydroxylation is 1. The van der Waals surface area contributed by atoms with Gasteiger partial charge in [0.25, 0.3) is 0 Å². The van der Waals surface area contributed by atoms with E-state index < -0.39 is 0 Å². The zero-order chi connectivity index (χ0) is 11.9. The van der Waals surface area contributed by atoms with Crippen LogP contribution in [0.5, 0.6) is 5.75 Å². The Morgan fingerprint density at radius 3 is 3.06 bits per heavy atom. The van der Waals surface area contributed by atoms with E-state index in [-0.39, 0.29) is 0 Å². The maximum atomic E-state index is 5.65. The zero-order valence-electron chi connectivity index (χ0n) is 10.7.